The fraction of sp³-hybridized carbons (Fsp3) is 0.412. The minimum absolute atomic E-state index is 0.144. The molecule has 1 aromatic heterocycles. The number of amides is 1. The van der Waals surface area contributed by atoms with Gasteiger partial charge in [0, 0.05) is 23.2 Å². The SMILES string of the molecule is O=C(CCCc1ccc(Cl)cc1)NC1CCc2[nH]ncc2C1. The molecule has 0 aliphatic heterocycles. The molecule has 0 bridgehead atoms. The van der Waals surface area contributed by atoms with Crippen molar-refractivity contribution in [3.8, 4) is 0 Å². The molecular weight excluding hydrogens is 298 g/mol. The van der Waals surface area contributed by atoms with Crippen LogP contribution < -0.4 is 5.32 Å². The maximum atomic E-state index is 12.1. The van der Waals surface area contributed by atoms with Crippen molar-refractivity contribution in [2.45, 2.75) is 44.6 Å². The van der Waals surface area contributed by atoms with Crippen molar-refractivity contribution < 1.29 is 4.79 Å². The molecule has 1 amide bonds. The first kappa shape index (κ1) is 15.1. The van der Waals surface area contributed by atoms with Gasteiger partial charge >= 0.3 is 0 Å². The molecule has 2 N–H and O–H groups in total. The molecule has 0 saturated carbocycles. The number of fused-ring (bicyclic) bond motifs is 1. The lowest BCUT2D eigenvalue weighted by atomic mass is 9.93. The van der Waals surface area contributed by atoms with Crippen LogP contribution in [-0.2, 0) is 24.1 Å². The van der Waals surface area contributed by atoms with E-state index in [4.69, 9.17) is 11.6 Å². The van der Waals surface area contributed by atoms with Crippen LogP contribution in [0.25, 0.3) is 0 Å². The zero-order chi connectivity index (χ0) is 15.4. The van der Waals surface area contributed by atoms with Crippen LogP contribution in [0.5, 0.6) is 0 Å². The quantitative estimate of drug-likeness (QED) is 0.890. The van der Waals surface area contributed by atoms with E-state index in [0.717, 1.165) is 37.1 Å². The first-order chi connectivity index (χ1) is 10.7. The Bertz CT molecular complexity index is 636. The maximum absolute atomic E-state index is 12.1. The second-order valence-electron chi connectivity index (χ2n) is 5.86. The van der Waals surface area contributed by atoms with Crippen LogP contribution in [0.15, 0.2) is 30.5 Å². The lowest BCUT2D eigenvalue weighted by Crippen LogP contribution is -2.38. The van der Waals surface area contributed by atoms with E-state index in [0.29, 0.717) is 6.42 Å². The standard InChI is InChI=1S/C17H20ClN3O/c18-14-6-4-12(5-7-14)2-1-3-17(22)20-15-8-9-16-13(10-15)11-19-21-16/h4-7,11,15H,1-3,8-10H2,(H,19,21)(H,20,22). The van der Waals surface area contributed by atoms with Crippen LogP contribution in [0.4, 0.5) is 0 Å². The third kappa shape index (κ3) is 3.89. The summed E-state index contributed by atoms with van der Waals surface area (Å²) >= 11 is 5.86. The van der Waals surface area contributed by atoms with Crippen molar-refractivity contribution >= 4 is 17.5 Å². The zero-order valence-electron chi connectivity index (χ0n) is 12.4. The smallest absolute Gasteiger partial charge is 0.220 e. The molecule has 22 heavy (non-hydrogen) atoms. The third-order valence-corrected chi connectivity index (χ3v) is 4.42. The van der Waals surface area contributed by atoms with Crippen molar-refractivity contribution in [1.29, 1.82) is 0 Å². The molecule has 1 aromatic carbocycles. The van der Waals surface area contributed by atoms with Crippen LogP contribution in [-0.4, -0.2) is 22.1 Å². The summed E-state index contributed by atoms with van der Waals surface area (Å²) in [5.74, 6) is 0.144. The number of hydrogen-bond donors (Lipinski definition) is 2. The molecule has 1 heterocycles. The number of benzene rings is 1. The Hall–Kier alpha value is -1.81. The largest absolute Gasteiger partial charge is 0.353 e. The number of H-pyrrole nitrogens is 1. The minimum atomic E-state index is 0.144. The Balaban J connectivity index is 1.40. The zero-order valence-corrected chi connectivity index (χ0v) is 13.2. The fourth-order valence-corrected chi connectivity index (χ4v) is 3.07. The molecule has 3 rings (SSSR count). The average molecular weight is 318 g/mol. The molecule has 116 valence electrons. The Kier molecular flexibility index (Phi) is 4.78. The molecule has 1 aliphatic carbocycles. The molecule has 1 unspecified atom stereocenters. The summed E-state index contributed by atoms with van der Waals surface area (Å²) in [5.41, 5.74) is 3.67. The number of aryl methyl sites for hydroxylation is 2. The van der Waals surface area contributed by atoms with E-state index in [1.54, 1.807) is 0 Å². The summed E-state index contributed by atoms with van der Waals surface area (Å²) in [4.78, 5) is 12.1. The van der Waals surface area contributed by atoms with E-state index in [-0.39, 0.29) is 11.9 Å². The number of hydrogen-bond acceptors (Lipinski definition) is 2. The lowest BCUT2D eigenvalue weighted by Gasteiger charge is -2.22. The molecule has 0 saturated heterocycles. The molecule has 1 atom stereocenters. The molecule has 1 aliphatic rings. The summed E-state index contributed by atoms with van der Waals surface area (Å²) < 4.78 is 0. The van der Waals surface area contributed by atoms with E-state index in [1.807, 2.05) is 30.5 Å². The minimum Gasteiger partial charge on any atom is -0.353 e. The second kappa shape index (κ2) is 6.97. The monoisotopic (exact) mass is 317 g/mol. The van der Waals surface area contributed by atoms with E-state index in [2.05, 4.69) is 15.5 Å². The predicted molar refractivity (Wildman–Crippen MR) is 86.9 cm³/mol. The number of carbonyl (C=O) groups excluding carboxylic acids is 1. The number of nitrogens with one attached hydrogen (secondary N) is 2. The maximum Gasteiger partial charge on any atom is 0.220 e. The molecule has 0 radical (unpaired) electrons. The number of aromatic amines is 1. The molecular formula is C17H20ClN3O. The summed E-state index contributed by atoms with van der Waals surface area (Å²) in [6, 6.07) is 8.06. The Morgan fingerprint density at radius 2 is 2.18 bits per heavy atom. The van der Waals surface area contributed by atoms with Crippen LogP contribution in [0, 0.1) is 0 Å². The average Bonchev–Trinajstić information content (AvgIpc) is 2.97. The molecule has 4 nitrogen and oxygen atoms in total. The van der Waals surface area contributed by atoms with Crippen LogP contribution in [0.2, 0.25) is 5.02 Å². The fourth-order valence-electron chi connectivity index (χ4n) is 2.94. The van der Waals surface area contributed by atoms with Crippen LogP contribution in [0.1, 0.15) is 36.1 Å². The highest BCUT2D eigenvalue weighted by Gasteiger charge is 2.21. The van der Waals surface area contributed by atoms with Crippen molar-refractivity contribution in [1.82, 2.24) is 15.5 Å². The van der Waals surface area contributed by atoms with Crippen molar-refractivity contribution in [2.24, 2.45) is 0 Å². The number of aromatic nitrogens is 2. The van der Waals surface area contributed by atoms with E-state index in [1.165, 1.54) is 16.8 Å². The van der Waals surface area contributed by atoms with Gasteiger partial charge in [0.05, 0.1) is 6.20 Å². The first-order valence-electron chi connectivity index (χ1n) is 7.75. The topological polar surface area (TPSA) is 57.8 Å². The first-order valence-corrected chi connectivity index (χ1v) is 8.13. The Morgan fingerprint density at radius 3 is 3.00 bits per heavy atom. The van der Waals surface area contributed by atoms with Crippen molar-refractivity contribution in [3.63, 3.8) is 0 Å². The van der Waals surface area contributed by atoms with Crippen LogP contribution >= 0.6 is 11.6 Å². The molecule has 5 heteroatoms. The van der Waals surface area contributed by atoms with Crippen LogP contribution in [0.3, 0.4) is 0 Å². The van der Waals surface area contributed by atoms with E-state index < -0.39 is 0 Å². The van der Waals surface area contributed by atoms with Gasteiger partial charge in [-0.15, -0.1) is 0 Å². The molecule has 0 spiro atoms. The highest BCUT2D eigenvalue weighted by Crippen LogP contribution is 2.19. The normalized spacial score (nSPS) is 17.0. The summed E-state index contributed by atoms with van der Waals surface area (Å²) in [5, 5.41) is 11.0. The van der Waals surface area contributed by atoms with Gasteiger partial charge in [0.1, 0.15) is 0 Å². The van der Waals surface area contributed by atoms with E-state index >= 15 is 0 Å². The van der Waals surface area contributed by atoms with Crippen molar-refractivity contribution in [3.05, 3.63) is 52.3 Å². The highest BCUT2D eigenvalue weighted by molar-refractivity contribution is 6.30. The van der Waals surface area contributed by atoms with Gasteiger partial charge in [0.25, 0.3) is 0 Å². The molecule has 0 fully saturated rings. The van der Waals surface area contributed by atoms with Crippen molar-refractivity contribution in [2.75, 3.05) is 0 Å². The van der Waals surface area contributed by atoms with Gasteiger partial charge in [-0.3, -0.25) is 9.89 Å². The number of rotatable bonds is 5. The van der Waals surface area contributed by atoms with Gasteiger partial charge in [-0.25, -0.2) is 0 Å². The number of nitrogens with zero attached hydrogens (tertiary/aromatic N) is 1. The Labute approximate surface area is 135 Å². The highest BCUT2D eigenvalue weighted by atomic mass is 35.5. The molecule has 2 aromatic rings. The van der Waals surface area contributed by atoms with Gasteiger partial charge < -0.3 is 5.32 Å². The Morgan fingerprint density at radius 1 is 1.36 bits per heavy atom. The number of halogens is 1. The summed E-state index contributed by atoms with van der Waals surface area (Å²) in [6.45, 7) is 0. The third-order valence-electron chi connectivity index (χ3n) is 4.16. The van der Waals surface area contributed by atoms with Gasteiger partial charge in [0.2, 0.25) is 5.91 Å². The van der Waals surface area contributed by atoms with Gasteiger partial charge in [-0.1, -0.05) is 23.7 Å². The summed E-state index contributed by atoms with van der Waals surface area (Å²) in [7, 11) is 0. The summed E-state index contributed by atoms with van der Waals surface area (Å²) in [6.07, 6.45) is 7.03. The van der Waals surface area contributed by atoms with Gasteiger partial charge in [-0.2, -0.15) is 5.10 Å². The van der Waals surface area contributed by atoms with E-state index in [9.17, 15) is 4.79 Å². The second-order valence-corrected chi connectivity index (χ2v) is 6.30. The van der Waals surface area contributed by atoms with Gasteiger partial charge in [-0.05, 0) is 55.4 Å². The lowest BCUT2D eigenvalue weighted by molar-refractivity contribution is -0.121. The van der Waals surface area contributed by atoms with Gasteiger partial charge in [0.15, 0.2) is 0 Å². The number of carbonyl (C=O) groups is 1. The predicted octanol–water partition coefficient (Wildman–Crippen LogP) is 3.06.